The third-order valence-electron chi connectivity index (χ3n) is 3.26. The van der Waals surface area contributed by atoms with Crippen molar-refractivity contribution in [3.63, 3.8) is 0 Å². The number of hydrogen-bond donors (Lipinski definition) is 1. The Morgan fingerprint density at radius 1 is 1.47 bits per heavy atom. The molecular weight excluding hydrogens is 224 g/mol. The molecule has 0 amide bonds. The van der Waals surface area contributed by atoms with Crippen LogP contribution in [-0.4, -0.2) is 20.2 Å². The van der Waals surface area contributed by atoms with Gasteiger partial charge >= 0.3 is 0 Å². The van der Waals surface area contributed by atoms with Crippen molar-refractivity contribution in [1.29, 1.82) is 0 Å². The predicted octanol–water partition coefficient (Wildman–Crippen LogP) is 2.84. The summed E-state index contributed by atoms with van der Waals surface area (Å²) in [5.74, 6) is -0.618. The van der Waals surface area contributed by atoms with Gasteiger partial charge in [0.25, 0.3) is 0 Å². The molecule has 1 aromatic rings. The van der Waals surface area contributed by atoms with Gasteiger partial charge in [-0.05, 0) is 25.5 Å². The summed E-state index contributed by atoms with van der Waals surface area (Å²) in [7, 11) is 1.39. The molecular formula is C13H17F2NO. The van der Waals surface area contributed by atoms with E-state index < -0.39 is 12.0 Å². The quantitative estimate of drug-likeness (QED) is 0.878. The normalized spacial score (nSPS) is 22.2. The molecule has 2 rings (SSSR count). The van der Waals surface area contributed by atoms with E-state index in [9.17, 15) is 8.78 Å². The molecule has 0 radical (unpaired) electrons. The van der Waals surface area contributed by atoms with Crippen molar-refractivity contribution in [3.05, 3.63) is 29.6 Å². The molecule has 2 atom stereocenters. The smallest absolute Gasteiger partial charge is 0.171 e. The molecule has 1 fully saturated rings. The lowest BCUT2D eigenvalue weighted by atomic mass is 9.90. The summed E-state index contributed by atoms with van der Waals surface area (Å²) in [6, 6.07) is 4.63. The van der Waals surface area contributed by atoms with Crippen molar-refractivity contribution in [1.82, 2.24) is 5.32 Å². The van der Waals surface area contributed by atoms with Crippen molar-refractivity contribution in [2.75, 3.05) is 20.2 Å². The van der Waals surface area contributed by atoms with Crippen LogP contribution in [0.1, 0.15) is 24.6 Å². The van der Waals surface area contributed by atoms with Gasteiger partial charge in [0, 0.05) is 18.0 Å². The molecule has 1 heterocycles. The van der Waals surface area contributed by atoms with E-state index in [2.05, 4.69) is 5.32 Å². The number of methoxy groups -OCH3 is 1. The van der Waals surface area contributed by atoms with Gasteiger partial charge in [0.15, 0.2) is 11.6 Å². The Morgan fingerprint density at radius 3 is 2.94 bits per heavy atom. The first kappa shape index (κ1) is 12.3. The number of halogens is 2. The molecule has 1 N–H and O–H groups in total. The maximum Gasteiger partial charge on any atom is 0.171 e. The zero-order chi connectivity index (χ0) is 12.3. The van der Waals surface area contributed by atoms with E-state index in [1.165, 1.54) is 19.2 Å². The van der Waals surface area contributed by atoms with Gasteiger partial charge in [-0.1, -0.05) is 12.1 Å². The average Bonchev–Trinajstić information content (AvgIpc) is 2.39. The SMILES string of the molecule is COc1cccc(C(F)C2CCCNC2)c1F. The number of nitrogens with one attached hydrogen (secondary N) is 1. The van der Waals surface area contributed by atoms with Crippen LogP contribution >= 0.6 is 0 Å². The molecule has 4 heteroatoms. The topological polar surface area (TPSA) is 21.3 Å². The lowest BCUT2D eigenvalue weighted by Crippen LogP contribution is -2.32. The summed E-state index contributed by atoms with van der Waals surface area (Å²) in [5, 5.41) is 3.14. The summed E-state index contributed by atoms with van der Waals surface area (Å²) in [5.41, 5.74) is 0.109. The fraction of sp³-hybridized carbons (Fsp3) is 0.538. The Kier molecular flexibility index (Phi) is 3.94. The van der Waals surface area contributed by atoms with Crippen LogP contribution in [0.5, 0.6) is 5.75 Å². The van der Waals surface area contributed by atoms with E-state index >= 15 is 0 Å². The molecule has 1 saturated heterocycles. The Hall–Kier alpha value is -1.16. The van der Waals surface area contributed by atoms with Gasteiger partial charge in [-0.25, -0.2) is 8.78 Å². The Bertz CT molecular complexity index is 378. The van der Waals surface area contributed by atoms with Crippen molar-refractivity contribution in [2.24, 2.45) is 5.92 Å². The molecule has 2 nitrogen and oxygen atoms in total. The van der Waals surface area contributed by atoms with Crippen molar-refractivity contribution < 1.29 is 13.5 Å². The highest BCUT2D eigenvalue weighted by Crippen LogP contribution is 2.34. The minimum atomic E-state index is -1.27. The number of ether oxygens (including phenoxy) is 1. The summed E-state index contributed by atoms with van der Waals surface area (Å²) >= 11 is 0. The molecule has 17 heavy (non-hydrogen) atoms. The lowest BCUT2D eigenvalue weighted by molar-refractivity contribution is 0.189. The molecule has 1 aliphatic heterocycles. The molecule has 0 aromatic heterocycles. The van der Waals surface area contributed by atoms with Gasteiger partial charge < -0.3 is 10.1 Å². The van der Waals surface area contributed by atoms with Crippen molar-refractivity contribution >= 4 is 0 Å². The largest absolute Gasteiger partial charge is 0.494 e. The minimum Gasteiger partial charge on any atom is -0.494 e. The Morgan fingerprint density at radius 2 is 2.29 bits per heavy atom. The van der Waals surface area contributed by atoms with Gasteiger partial charge in [0.05, 0.1) is 7.11 Å². The fourth-order valence-electron chi connectivity index (χ4n) is 2.28. The van der Waals surface area contributed by atoms with E-state index in [1.807, 2.05) is 0 Å². The highest BCUT2D eigenvalue weighted by atomic mass is 19.1. The first-order chi connectivity index (χ1) is 8.24. The number of rotatable bonds is 3. The standard InChI is InChI=1S/C13H17F2NO/c1-17-11-6-2-5-10(13(11)15)12(14)9-4-3-7-16-8-9/h2,5-6,9,12,16H,3-4,7-8H2,1H3. The van der Waals surface area contributed by atoms with Crippen LogP contribution in [0.2, 0.25) is 0 Å². The monoisotopic (exact) mass is 241 g/mol. The van der Waals surface area contributed by atoms with Gasteiger partial charge in [-0.2, -0.15) is 0 Å². The summed E-state index contributed by atoms with van der Waals surface area (Å²) in [6.07, 6.45) is 0.472. The summed E-state index contributed by atoms with van der Waals surface area (Å²) < 4.78 is 33.0. The second-order valence-corrected chi connectivity index (χ2v) is 4.37. The van der Waals surface area contributed by atoms with E-state index in [1.54, 1.807) is 6.07 Å². The number of alkyl halides is 1. The summed E-state index contributed by atoms with van der Waals surface area (Å²) in [6.45, 7) is 1.53. The summed E-state index contributed by atoms with van der Waals surface area (Å²) in [4.78, 5) is 0. The minimum absolute atomic E-state index is 0.105. The van der Waals surface area contributed by atoms with E-state index in [-0.39, 0.29) is 17.2 Å². The second kappa shape index (κ2) is 5.45. The molecule has 0 spiro atoms. The lowest BCUT2D eigenvalue weighted by Gasteiger charge is -2.26. The number of piperidine rings is 1. The molecule has 0 bridgehead atoms. The second-order valence-electron chi connectivity index (χ2n) is 4.37. The maximum atomic E-state index is 14.3. The van der Waals surface area contributed by atoms with E-state index in [0.29, 0.717) is 6.54 Å². The Labute approximate surface area is 100.0 Å². The van der Waals surface area contributed by atoms with E-state index in [4.69, 9.17) is 4.74 Å². The van der Waals surface area contributed by atoms with E-state index in [0.717, 1.165) is 19.4 Å². The molecule has 1 aliphatic rings. The van der Waals surface area contributed by atoms with Crippen LogP contribution < -0.4 is 10.1 Å². The van der Waals surface area contributed by atoms with Gasteiger partial charge in [-0.3, -0.25) is 0 Å². The molecule has 0 saturated carbocycles. The number of benzene rings is 1. The highest BCUT2D eigenvalue weighted by molar-refractivity contribution is 5.32. The molecule has 94 valence electrons. The predicted molar refractivity (Wildman–Crippen MR) is 62.4 cm³/mol. The van der Waals surface area contributed by atoms with Gasteiger partial charge in [0.2, 0.25) is 0 Å². The van der Waals surface area contributed by atoms with Crippen LogP contribution in [0, 0.1) is 11.7 Å². The fourth-order valence-corrected chi connectivity index (χ4v) is 2.28. The van der Waals surface area contributed by atoms with Crippen molar-refractivity contribution in [3.8, 4) is 5.75 Å². The first-order valence-electron chi connectivity index (χ1n) is 5.91. The third kappa shape index (κ3) is 2.57. The third-order valence-corrected chi connectivity index (χ3v) is 3.26. The average molecular weight is 241 g/mol. The zero-order valence-corrected chi connectivity index (χ0v) is 9.88. The van der Waals surface area contributed by atoms with Crippen LogP contribution in [0.15, 0.2) is 18.2 Å². The van der Waals surface area contributed by atoms with Crippen LogP contribution in [0.3, 0.4) is 0 Å². The Balaban J connectivity index is 2.20. The zero-order valence-electron chi connectivity index (χ0n) is 9.88. The van der Waals surface area contributed by atoms with Gasteiger partial charge in [-0.15, -0.1) is 0 Å². The van der Waals surface area contributed by atoms with Crippen LogP contribution in [0.25, 0.3) is 0 Å². The van der Waals surface area contributed by atoms with Crippen LogP contribution in [-0.2, 0) is 0 Å². The highest BCUT2D eigenvalue weighted by Gasteiger charge is 2.27. The van der Waals surface area contributed by atoms with Crippen molar-refractivity contribution in [2.45, 2.75) is 19.0 Å². The van der Waals surface area contributed by atoms with Crippen LogP contribution in [0.4, 0.5) is 8.78 Å². The molecule has 2 unspecified atom stereocenters. The maximum absolute atomic E-state index is 14.3. The molecule has 1 aromatic carbocycles. The number of hydrogen-bond acceptors (Lipinski definition) is 2. The molecule has 0 aliphatic carbocycles. The van der Waals surface area contributed by atoms with Gasteiger partial charge in [0.1, 0.15) is 6.17 Å². The first-order valence-corrected chi connectivity index (χ1v) is 5.91.